The van der Waals surface area contributed by atoms with Crippen LogP contribution in [0.3, 0.4) is 0 Å². The molecule has 1 rings (SSSR count). The van der Waals surface area contributed by atoms with Gasteiger partial charge in [-0.1, -0.05) is 20.8 Å². The molecule has 0 bridgehead atoms. The minimum atomic E-state index is -0.350. The van der Waals surface area contributed by atoms with Crippen molar-refractivity contribution in [2.45, 2.75) is 39.3 Å². The Bertz CT molecular complexity index is 246. The van der Waals surface area contributed by atoms with Crippen molar-refractivity contribution in [2.24, 2.45) is 17.2 Å². The minimum absolute atomic E-state index is 0.00125. The Balaban J connectivity index is 2.65. The molecular formula is C12H26N2O4. The van der Waals surface area contributed by atoms with Crippen LogP contribution in [0.25, 0.3) is 0 Å². The van der Waals surface area contributed by atoms with Crippen LogP contribution in [0.15, 0.2) is 0 Å². The molecule has 0 amide bonds. The lowest BCUT2D eigenvalue weighted by Gasteiger charge is -2.29. The molecule has 0 aromatic heterocycles. The third-order valence-electron chi connectivity index (χ3n) is 4.01. The lowest BCUT2D eigenvalue weighted by molar-refractivity contribution is -0.187. The van der Waals surface area contributed by atoms with Crippen molar-refractivity contribution in [3.63, 3.8) is 0 Å². The van der Waals surface area contributed by atoms with Crippen LogP contribution in [0.2, 0.25) is 0 Å². The van der Waals surface area contributed by atoms with Crippen molar-refractivity contribution in [3.05, 3.63) is 0 Å². The van der Waals surface area contributed by atoms with Gasteiger partial charge in [-0.25, -0.2) is 5.43 Å². The van der Waals surface area contributed by atoms with Gasteiger partial charge in [0.2, 0.25) is 0 Å². The van der Waals surface area contributed by atoms with Gasteiger partial charge in [0.25, 0.3) is 0 Å². The van der Waals surface area contributed by atoms with E-state index in [1.54, 1.807) is 14.2 Å². The Hall–Kier alpha value is -0.240. The number of nitrogens with two attached hydrogens (primary N) is 1. The molecule has 1 aliphatic rings. The largest absolute Gasteiger partial charge is 0.366 e. The van der Waals surface area contributed by atoms with Crippen molar-refractivity contribution in [2.75, 3.05) is 27.6 Å². The zero-order valence-electron chi connectivity index (χ0n) is 11.9. The molecule has 1 fully saturated rings. The van der Waals surface area contributed by atoms with Crippen molar-refractivity contribution in [3.8, 4) is 0 Å². The molecule has 3 atom stereocenters. The van der Waals surface area contributed by atoms with Crippen LogP contribution in [0.5, 0.6) is 0 Å². The summed E-state index contributed by atoms with van der Waals surface area (Å²) in [7, 11) is 3.25. The lowest BCUT2D eigenvalue weighted by atomic mass is 9.75. The van der Waals surface area contributed by atoms with Gasteiger partial charge in [-0.15, -0.1) is 0 Å². The normalized spacial score (nSPS) is 31.2. The second-order valence-corrected chi connectivity index (χ2v) is 5.26. The van der Waals surface area contributed by atoms with E-state index in [-0.39, 0.29) is 23.9 Å². The van der Waals surface area contributed by atoms with Gasteiger partial charge in [0, 0.05) is 14.2 Å². The predicted molar refractivity (Wildman–Crippen MR) is 67.6 cm³/mol. The third-order valence-corrected chi connectivity index (χ3v) is 4.01. The molecule has 18 heavy (non-hydrogen) atoms. The van der Waals surface area contributed by atoms with Crippen LogP contribution >= 0.6 is 0 Å². The van der Waals surface area contributed by atoms with Crippen molar-refractivity contribution < 1.29 is 18.9 Å². The Kier molecular flexibility index (Phi) is 5.97. The second-order valence-electron chi connectivity index (χ2n) is 5.26. The van der Waals surface area contributed by atoms with Gasteiger partial charge in [0.05, 0.1) is 12.7 Å². The average molecular weight is 262 g/mol. The average Bonchev–Trinajstić information content (AvgIpc) is 2.56. The monoisotopic (exact) mass is 262 g/mol. The Morgan fingerprint density at radius 2 is 1.94 bits per heavy atom. The highest BCUT2D eigenvalue weighted by Crippen LogP contribution is 2.44. The number of hydrazine groups is 1. The first-order valence-corrected chi connectivity index (χ1v) is 6.21. The molecule has 6 heteroatoms. The van der Waals surface area contributed by atoms with E-state index < -0.39 is 0 Å². The first-order valence-electron chi connectivity index (χ1n) is 6.21. The maximum absolute atomic E-state index is 6.04. The minimum Gasteiger partial charge on any atom is -0.366 e. The van der Waals surface area contributed by atoms with E-state index in [0.29, 0.717) is 19.3 Å². The molecule has 108 valence electrons. The summed E-state index contributed by atoms with van der Waals surface area (Å²) in [6.07, 6.45) is -0.440. The number of hydrogen-bond donors (Lipinski definition) is 2. The molecule has 0 aromatic carbocycles. The summed E-state index contributed by atoms with van der Waals surface area (Å²) in [6, 6.07) is 0. The van der Waals surface area contributed by atoms with Gasteiger partial charge >= 0.3 is 0 Å². The zero-order valence-corrected chi connectivity index (χ0v) is 11.9. The summed E-state index contributed by atoms with van der Waals surface area (Å²) >= 11 is 0. The lowest BCUT2D eigenvalue weighted by Crippen LogP contribution is -2.36. The first-order chi connectivity index (χ1) is 8.48. The predicted octanol–water partition coefficient (Wildman–Crippen LogP) is 0.472. The molecule has 3 unspecified atom stereocenters. The summed E-state index contributed by atoms with van der Waals surface area (Å²) in [5.41, 5.74) is 2.45. The molecule has 1 aliphatic heterocycles. The second kappa shape index (κ2) is 6.79. The van der Waals surface area contributed by atoms with Crippen LogP contribution in [0.4, 0.5) is 0 Å². The van der Waals surface area contributed by atoms with Gasteiger partial charge in [0.1, 0.15) is 12.8 Å². The fraction of sp³-hybridized carbons (Fsp3) is 1.00. The molecule has 6 nitrogen and oxygen atoms in total. The van der Waals surface area contributed by atoms with Crippen LogP contribution in [-0.2, 0) is 18.9 Å². The molecule has 0 aromatic rings. The highest BCUT2D eigenvalue weighted by atomic mass is 16.7. The number of methoxy groups -OCH3 is 2. The van der Waals surface area contributed by atoms with Crippen molar-refractivity contribution >= 4 is 0 Å². The number of nitrogens with one attached hydrogen (secondary N) is 1. The van der Waals surface area contributed by atoms with Crippen molar-refractivity contribution in [1.29, 1.82) is 0 Å². The quantitative estimate of drug-likeness (QED) is 0.301. The standard InChI is InChI=1S/C12H26N2O4/c1-8-10(11(15-4)16-5)18-9(12(8,2)3)6-17-7-14-13/h8-11,14H,6-7,13H2,1-5H3. The summed E-state index contributed by atoms with van der Waals surface area (Å²) in [6.45, 7) is 7.30. The van der Waals surface area contributed by atoms with E-state index in [1.165, 1.54) is 0 Å². The van der Waals surface area contributed by atoms with Gasteiger partial charge in [-0.05, 0) is 11.3 Å². The molecule has 0 spiro atoms. The Morgan fingerprint density at radius 1 is 1.33 bits per heavy atom. The van der Waals surface area contributed by atoms with E-state index in [9.17, 15) is 0 Å². The van der Waals surface area contributed by atoms with Gasteiger partial charge in [0.15, 0.2) is 6.29 Å². The highest BCUT2D eigenvalue weighted by molar-refractivity contribution is 4.96. The number of ether oxygens (including phenoxy) is 4. The van der Waals surface area contributed by atoms with Crippen LogP contribution < -0.4 is 11.3 Å². The maximum atomic E-state index is 6.04. The van der Waals surface area contributed by atoms with Crippen LogP contribution in [0.1, 0.15) is 20.8 Å². The molecule has 0 radical (unpaired) electrons. The third kappa shape index (κ3) is 3.20. The number of rotatable bonds is 7. The van der Waals surface area contributed by atoms with E-state index in [2.05, 4.69) is 26.2 Å². The molecule has 1 saturated heterocycles. The smallest absolute Gasteiger partial charge is 0.183 e. The summed E-state index contributed by atoms with van der Waals surface area (Å²) in [4.78, 5) is 0. The molecule has 1 heterocycles. The maximum Gasteiger partial charge on any atom is 0.183 e. The van der Waals surface area contributed by atoms with Crippen LogP contribution in [-0.4, -0.2) is 46.1 Å². The van der Waals surface area contributed by atoms with E-state index in [4.69, 9.17) is 24.8 Å². The Morgan fingerprint density at radius 3 is 2.44 bits per heavy atom. The van der Waals surface area contributed by atoms with E-state index >= 15 is 0 Å². The highest BCUT2D eigenvalue weighted by Gasteiger charge is 2.50. The first kappa shape index (κ1) is 15.8. The SMILES string of the molecule is COC(OC)C1OC(COCNN)C(C)(C)C1C. The Labute approximate surface area is 109 Å². The molecule has 0 aliphatic carbocycles. The molecular weight excluding hydrogens is 236 g/mol. The van der Waals surface area contributed by atoms with E-state index in [0.717, 1.165) is 0 Å². The summed E-state index contributed by atoms with van der Waals surface area (Å²) in [5, 5.41) is 0. The van der Waals surface area contributed by atoms with Crippen LogP contribution in [0, 0.1) is 11.3 Å². The zero-order chi connectivity index (χ0) is 13.8. The molecule has 3 N–H and O–H groups in total. The van der Waals surface area contributed by atoms with E-state index in [1.807, 2.05) is 0 Å². The summed E-state index contributed by atoms with van der Waals surface area (Å²) < 4.78 is 22.0. The number of hydrogen-bond acceptors (Lipinski definition) is 6. The van der Waals surface area contributed by atoms with Crippen molar-refractivity contribution in [1.82, 2.24) is 5.43 Å². The summed E-state index contributed by atoms with van der Waals surface area (Å²) in [5.74, 6) is 5.48. The fourth-order valence-electron chi connectivity index (χ4n) is 2.34. The van der Waals surface area contributed by atoms with Gasteiger partial charge in [-0.3, -0.25) is 5.84 Å². The van der Waals surface area contributed by atoms with Gasteiger partial charge in [-0.2, -0.15) is 0 Å². The van der Waals surface area contributed by atoms with Gasteiger partial charge < -0.3 is 18.9 Å². The topological polar surface area (TPSA) is 75.0 Å². The molecule has 0 saturated carbocycles. The fourth-order valence-corrected chi connectivity index (χ4v) is 2.34.